The standard InChI is InChI=1S/C27H21Cl2NO4/c1-3-30-14-16(20-12-17(32-2)8-10-24(20)30)11-26-27(31)19-9-7-18(13-25(19)34-26)33-15-21-22(28)5-4-6-23(21)29/h4-14H,3,15H2,1-2H3/b26-11-. The molecule has 0 saturated carbocycles. The van der Waals surface area contributed by atoms with Gasteiger partial charge in [-0.3, -0.25) is 4.79 Å². The Balaban J connectivity index is 1.42. The molecule has 4 aromatic rings. The third-order valence-electron chi connectivity index (χ3n) is 5.83. The maximum absolute atomic E-state index is 13.0. The second kappa shape index (κ2) is 9.09. The number of ether oxygens (including phenoxy) is 3. The lowest BCUT2D eigenvalue weighted by Gasteiger charge is -2.10. The van der Waals surface area contributed by atoms with Gasteiger partial charge in [-0.25, -0.2) is 0 Å². The van der Waals surface area contributed by atoms with E-state index in [1.54, 1.807) is 49.6 Å². The summed E-state index contributed by atoms with van der Waals surface area (Å²) >= 11 is 12.5. The van der Waals surface area contributed by atoms with Crippen LogP contribution in [-0.4, -0.2) is 17.5 Å². The van der Waals surface area contributed by atoms with Gasteiger partial charge in [-0.15, -0.1) is 0 Å². The van der Waals surface area contributed by atoms with Crippen LogP contribution < -0.4 is 14.2 Å². The van der Waals surface area contributed by atoms with Crippen molar-refractivity contribution in [3.63, 3.8) is 0 Å². The lowest BCUT2D eigenvalue weighted by atomic mass is 10.1. The summed E-state index contributed by atoms with van der Waals surface area (Å²) in [7, 11) is 1.63. The molecule has 0 bridgehead atoms. The van der Waals surface area contributed by atoms with Crippen LogP contribution in [0.2, 0.25) is 10.0 Å². The predicted molar refractivity (Wildman–Crippen MR) is 134 cm³/mol. The monoisotopic (exact) mass is 493 g/mol. The van der Waals surface area contributed by atoms with Crippen molar-refractivity contribution in [2.45, 2.75) is 20.1 Å². The highest BCUT2D eigenvalue weighted by molar-refractivity contribution is 6.35. The first-order valence-electron chi connectivity index (χ1n) is 10.8. The number of benzene rings is 3. The van der Waals surface area contributed by atoms with Crippen LogP contribution in [0.1, 0.15) is 28.4 Å². The normalized spacial score (nSPS) is 13.9. The lowest BCUT2D eigenvalue weighted by Crippen LogP contribution is -1.98. The van der Waals surface area contributed by atoms with Crippen LogP contribution in [0.25, 0.3) is 17.0 Å². The average Bonchev–Trinajstić information content (AvgIpc) is 3.35. The topological polar surface area (TPSA) is 49.7 Å². The maximum Gasteiger partial charge on any atom is 0.231 e. The van der Waals surface area contributed by atoms with Crippen molar-refractivity contribution in [2.24, 2.45) is 0 Å². The van der Waals surface area contributed by atoms with Gasteiger partial charge in [-0.2, -0.15) is 0 Å². The van der Waals surface area contributed by atoms with Gasteiger partial charge in [0.05, 0.1) is 12.7 Å². The van der Waals surface area contributed by atoms with E-state index in [2.05, 4.69) is 11.5 Å². The molecule has 0 fully saturated rings. The number of halogens is 2. The number of ketones is 1. The van der Waals surface area contributed by atoms with E-state index in [0.717, 1.165) is 28.8 Å². The molecule has 0 unspecified atom stereocenters. The molecule has 0 radical (unpaired) electrons. The van der Waals surface area contributed by atoms with Gasteiger partial charge in [0, 0.05) is 50.9 Å². The maximum atomic E-state index is 13.0. The molecule has 1 aliphatic heterocycles. The smallest absolute Gasteiger partial charge is 0.231 e. The second-order valence-electron chi connectivity index (χ2n) is 7.84. The van der Waals surface area contributed by atoms with Crippen molar-refractivity contribution in [2.75, 3.05) is 7.11 Å². The fourth-order valence-corrected chi connectivity index (χ4v) is 4.54. The van der Waals surface area contributed by atoms with Gasteiger partial charge in [0.1, 0.15) is 23.9 Å². The largest absolute Gasteiger partial charge is 0.497 e. The molecule has 172 valence electrons. The number of aryl methyl sites for hydroxylation is 1. The van der Waals surface area contributed by atoms with Gasteiger partial charge in [0.15, 0.2) is 5.76 Å². The van der Waals surface area contributed by atoms with Crippen molar-refractivity contribution in [1.82, 2.24) is 4.57 Å². The fourth-order valence-electron chi connectivity index (χ4n) is 4.03. The summed E-state index contributed by atoms with van der Waals surface area (Å²) in [5.74, 6) is 1.85. The highest BCUT2D eigenvalue weighted by Crippen LogP contribution is 2.37. The number of rotatable bonds is 6. The number of aromatic nitrogens is 1. The van der Waals surface area contributed by atoms with Crippen LogP contribution in [-0.2, 0) is 13.2 Å². The van der Waals surface area contributed by atoms with Gasteiger partial charge < -0.3 is 18.8 Å². The number of hydrogen-bond acceptors (Lipinski definition) is 4. The summed E-state index contributed by atoms with van der Waals surface area (Å²) in [5, 5.41) is 2.06. The summed E-state index contributed by atoms with van der Waals surface area (Å²) in [6.45, 7) is 3.08. The molecular weight excluding hydrogens is 473 g/mol. The van der Waals surface area contributed by atoms with Gasteiger partial charge in [-0.05, 0) is 55.5 Å². The van der Waals surface area contributed by atoms with Crippen molar-refractivity contribution >= 4 is 46.0 Å². The molecule has 5 nitrogen and oxygen atoms in total. The summed E-state index contributed by atoms with van der Waals surface area (Å²) in [5.41, 5.74) is 3.14. The van der Waals surface area contributed by atoms with Crippen LogP contribution >= 0.6 is 23.2 Å². The van der Waals surface area contributed by atoms with Crippen molar-refractivity contribution in [3.8, 4) is 17.2 Å². The molecule has 0 saturated heterocycles. The van der Waals surface area contributed by atoms with Gasteiger partial charge in [0.25, 0.3) is 0 Å². The summed E-state index contributed by atoms with van der Waals surface area (Å²) < 4.78 is 19.3. The van der Waals surface area contributed by atoms with E-state index in [-0.39, 0.29) is 18.1 Å². The molecular formula is C27H21Cl2NO4. The third kappa shape index (κ3) is 4.02. The van der Waals surface area contributed by atoms with Gasteiger partial charge >= 0.3 is 0 Å². The number of nitrogens with zero attached hydrogens (tertiary/aromatic N) is 1. The summed E-state index contributed by atoms with van der Waals surface area (Å²) in [6, 6.07) is 16.4. The lowest BCUT2D eigenvalue weighted by molar-refractivity contribution is 0.101. The predicted octanol–water partition coefficient (Wildman–Crippen LogP) is 7.17. The highest BCUT2D eigenvalue weighted by Gasteiger charge is 2.28. The Morgan fingerprint density at radius 2 is 1.79 bits per heavy atom. The van der Waals surface area contributed by atoms with Crippen LogP contribution in [0.4, 0.5) is 0 Å². The second-order valence-corrected chi connectivity index (χ2v) is 8.65. The van der Waals surface area contributed by atoms with E-state index in [9.17, 15) is 4.79 Å². The molecule has 0 spiro atoms. The Morgan fingerprint density at radius 3 is 2.53 bits per heavy atom. The Morgan fingerprint density at radius 1 is 1.03 bits per heavy atom. The minimum Gasteiger partial charge on any atom is -0.497 e. The molecule has 0 amide bonds. The van der Waals surface area contributed by atoms with E-state index >= 15 is 0 Å². The van der Waals surface area contributed by atoms with Crippen molar-refractivity contribution < 1.29 is 19.0 Å². The zero-order chi connectivity index (χ0) is 23.8. The zero-order valence-electron chi connectivity index (χ0n) is 18.6. The molecule has 2 heterocycles. The Hall–Kier alpha value is -3.41. The molecule has 1 aromatic heterocycles. The van der Waals surface area contributed by atoms with E-state index in [0.29, 0.717) is 32.7 Å². The molecule has 7 heteroatoms. The number of allylic oxidation sites excluding steroid dienone is 1. The van der Waals surface area contributed by atoms with Crippen LogP contribution in [0.15, 0.2) is 66.6 Å². The molecule has 5 rings (SSSR count). The van der Waals surface area contributed by atoms with Crippen molar-refractivity contribution in [1.29, 1.82) is 0 Å². The number of methoxy groups -OCH3 is 1. The van der Waals surface area contributed by atoms with E-state index < -0.39 is 0 Å². The SMILES string of the molecule is CCn1cc(/C=C2\Oc3cc(OCc4c(Cl)cccc4Cl)ccc3C2=O)c2cc(OC)ccc21. The minimum atomic E-state index is -0.170. The highest BCUT2D eigenvalue weighted by atomic mass is 35.5. The van der Waals surface area contributed by atoms with Crippen LogP contribution in [0.5, 0.6) is 17.2 Å². The van der Waals surface area contributed by atoms with Crippen LogP contribution in [0.3, 0.4) is 0 Å². The zero-order valence-corrected chi connectivity index (χ0v) is 20.1. The first kappa shape index (κ1) is 22.4. The van der Waals surface area contributed by atoms with Crippen LogP contribution in [0, 0.1) is 0 Å². The van der Waals surface area contributed by atoms with Crippen molar-refractivity contribution in [3.05, 3.63) is 93.3 Å². The summed E-state index contributed by atoms with van der Waals surface area (Å²) in [4.78, 5) is 13.0. The fraction of sp³-hybridized carbons (Fsp3) is 0.148. The third-order valence-corrected chi connectivity index (χ3v) is 6.54. The Bertz CT molecular complexity index is 1430. The van der Waals surface area contributed by atoms with E-state index in [4.69, 9.17) is 37.4 Å². The molecule has 0 aliphatic carbocycles. The average molecular weight is 494 g/mol. The van der Waals surface area contributed by atoms with E-state index in [1.807, 2.05) is 24.4 Å². The molecule has 3 aromatic carbocycles. The van der Waals surface area contributed by atoms with Gasteiger partial charge in [-0.1, -0.05) is 29.3 Å². The summed E-state index contributed by atoms with van der Waals surface area (Å²) in [6.07, 6.45) is 3.79. The first-order chi connectivity index (χ1) is 16.5. The number of carbonyl (C=O) groups excluding carboxylic acids is 1. The minimum absolute atomic E-state index is 0.170. The molecule has 34 heavy (non-hydrogen) atoms. The Kier molecular flexibility index (Phi) is 5.98. The molecule has 0 N–H and O–H groups in total. The number of hydrogen-bond donors (Lipinski definition) is 0. The van der Waals surface area contributed by atoms with E-state index in [1.165, 1.54) is 0 Å². The molecule has 1 aliphatic rings. The quantitative estimate of drug-likeness (QED) is 0.267. The Labute approximate surface area is 207 Å². The molecule has 0 atom stereocenters. The number of fused-ring (bicyclic) bond motifs is 2. The number of Topliss-reactive ketones (excluding diaryl/α,β-unsaturated/α-hetero) is 1. The van der Waals surface area contributed by atoms with Gasteiger partial charge in [0.2, 0.25) is 5.78 Å². The number of carbonyl (C=O) groups is 1. The first-order valence-corrected chi connectivity index (χ1v) is 11.5.